The molecule has 0 fully saturated rings. The van der Waals surface area contributed by atoms with Crippen LogP contribution in [-0.2, 0) is 0 Å². The molecule has 3 nitrogen and oxygen atoms in total. The van der Waals surface area contributed by atoms with Crippen molar-refractivity contribution >= 4 is 28.4 Å². The first-order valence-electron chi connectivity index (χ1n) is 9.51. The molecule has 0 N–H and O–H groups in total. The summed E-state index contributed by atoms with van der Waals surface area (Å²) in [5.41, 5.74) is 1.67. The van der Waals surface area contributed by atoms with Crippen LogP contribution >= 0.6 is 6.89 Å². The quantitative estimate of drug-likeness (QED) is 0.581. The lowest BCUT2D eigenvalue weighted by Crippen LogP contribution is -2.24. The summed E-state index contributed by atoms with van der Waals surface area (Å²) in [6.07, 6.45) is 3.85. The van der Waals surface area contributed by atoms with Crippen molar-refractivity contribution in [1.82, 2.24) is 0 Å². The number of para-hydroxylation sites is 1. The minimum atomic E-state index is -2.56. The highest BCUT2D eigenvalue weighted by Crippen LogP contribution is 2.57. The Kier molecular flexibility index (Phi) is 5.40. The Morgan fingerprint density at radius 3 is 1.80 bits per heavy atom. The van der Waals surface area contributed by atoms with Gasteiger partial charge in [0.1, 0.15) is 17.9 Å². The van der Waals surface area contributed by atoms with Crippen LogP contribution in [0.2, 0.25) is 0 Å². The highest BCUT2D eigenvalue weighted by atomic mass is 31.2. The van der Waals surface area contributed by atoms with Gasteiger partial charge in [0.2, 0.25) is 0 Å². The summed E-state index contributed by atoms with van der Waals surface area (Å²) in [5, 5.41) is 23.8. The second-order valence-electron chi connectivity index (χ2n) is 6.78. The largest absolute Gasteiger partial charge is 0.496 e. The summed E-state index contributed by atoms with van der Waals surface area (Å²) >= 11 is 0. The third-order valence-electron chi connectivity index (χ3n) is 5.24. The summed E-state index contributed by atoms with van der Waals surface area (Å²) in [7, 11) is 1.62. The number of allylic oxidation sites excluding steroid dienone is 4. The number of rotatable bonds is 4. The van der Waals surface area contributed by atoms with Gasteiger partial charge < -0.3 is 4.74 Å². The maximum Gasteiger partial charge on any atom is 0.126 e. The molecule has 1 aliphatic heterocycles. The molecule has 30 heavy (non-hydrogen) atoms. The zero-order chi connectivity index (χ0) is 21.0. The van der Waals surface area contributed by atoms with Crippen molar-refractivity contribution in [2.75, 3.05) is 7.11 Å². The minimum Gasteiger partial charge on any atom is -0.496 e. The molecule has 0 unspecified atom stereocenters. The highest BCUT2D eigenvalue weighted by Gasteiger charge is 2.34. The van der Waals surface area contributed by atoms with Crippen molar-refractivity contribution in [1.29, 1.82) is 10.5 Å². The third-order valence-corrected chi connectivity index (χ3v) is 9.29. The van der Waals surface area contributed by atoms with Gasteiger partial charge in [-0.25, -0.2) is 0 Å². The van der Waals surface area contributed by atoms with Crippen LogP contribution < -0.4 is 15.3 Å². The molecular formula is C26H19N2OP. The van der Waals surface area contributed by atoms with Crippen LogP contribution in [0.15, 0.2) is 102 Å². The standard InChI is InChI=1S/C26H19N2OP/c1-29-26-15-9-8-14-25(26)20-16-23(18-27)30(24(17-20)19-28,21-10-4-2-5-11-21)22-12-6-3-7-13-22/h2-17H,1H3. The Bertz CT molecular complexity index is 1250. The van der Waals surface area contributed by atoms with Gasteiger partial charge in [-0.1, -0.05) is 78.9 Å². The number of nitriles is 2. The number of hydrogen-bond donors (Lipinski definition) is 0. The summed E-state index contributed by atoms with van der Waals surface area (Å²) in [6, 6.07) is 32.4. The van der Waals surface area contributed by atoms with Gasteiger partial charge in [0.05, 0.1) is 17.7 Å². The van der Waals surface area contributed by atoms with Crippen molar-refractivity contribution < 1.29 is 4.74 Å². The molecule has 0 aromatic heterocycles. The normalized spacial score (nSPS) is 14.7. The van der Waals surface area contributed by atoms with E-state index in [-0.39, 0.29) is 0 Å². The summed E-state index contributed by atoms with van der Waals surface area (Å²) in [4.78, 5) is 0. The van der Waals surface area contributed by atoms with Gasteiger partial charge >= 0.3 is 0 Å². The molecule has 0 radical (unpaired) electrons. The van der Waals surface area contributed by atoms with Crippen LogP contribution in [0.1, 0.15) is 5.56 Å². The minimum absolute atomic E-state index is 0.611. The second kappa shape index (κ2) is 8.30. The van der Waals surface area contributed by atoms with E-state index in [0.717, 1.165) is 21.7 Å². The summed E-state index contributed by atoms with van der Waals surface area (Å²) in [5.74, 6) is 0.708. The predicted octanol–water partition coefficient (Wildman–Crippen LogP) is 4.86. The van der Waals surface area contributed by atoms with Crippen molar-refractivity contribution in [3.63, 3.8) is 0 Å². The molecule has 3 aromatic rings. The van der Waals surface area contributed by atoms with Gasteiger partial charge in [0.15, 0.2) is 0 Å². The van der Waals surface area contributed by atoms with E-state index in [1.807, 2.05) is 97.1 Å². The van der Waals surface area contributed by atoms with Crippen LogP contribution in [-0.4, -0.2) is 12.4 Å². The van der Waals surface area contributed by atoms with Crippen molar-refractivity contribution in [2.24, 2.45) is 0 Å². The van der Waals surface area contributed by atoms with Crippen LogP contribution in [0.3, 0.4) is 0 Å². The molecule has 0 saturated carbocycles. The molecule has 3 aromatic carbocycles. The molecule has 0 saturated heterocycles. The van der Waals surface area contributed by atoms with Crippen LogP contribution in [0.4, 0.5) is 0 Å². The van der Waals surface area contributed by atoms with Gasteiger partial charge in [0, 0.05) is 12.4 Å². The van der Waals surface area contributed by atoms with E-state index >= 15 is 0 Å². The molecule has 0 atom stereocenters. The fraction of sp³-hybridized carbons (Fsp3) is 0.0385. The molecule has 144 valence electrons. The lowest BCUT2D eigenvalue weighted by atomic mass is 10.0. The first kappa shape index (κ1) is 19.5. The Morgan fingerprint density at radius 1 is 0.700 bits per heavy atom. The van der Waals surface area contributed by atoms with Gasteiger partial charge in [-0.2, -0.15) is 10.5 Å². The smallest absolute Gasteiger partial charge is 0.126 e. The number of ether oxygens (including phenoxy) is 1. The topological polar surface area (TPSA) is 56.8 Å². The SMILES string of the molecule is COc1ccccc1C1=CC(C#N)=P(c2ccccc2)(c2ccccc2)C(C#N)=C1. The van der Waals surface area contributed by atoms with Gasteiger partial charge in [-0.3, -0.25) is 0 Å². The number of benzene rings is 3. The molecule has 0 bridgehead atoms. The maximum absolute atomic E-state index is 10.3. The average Bonchev–Trinajstić information content (AvgIpc) is 2.84. The van der Waals surface area contributed by atoms with E-state index in [1.165, 1.54) is 0 Å². The Labute approximate surface area is 176 Å². The van der Waals surface area contributed by atoms with E-state index in [4.69, 9.17) is 4.74 Å². The van der Waals surface area contributed by atoms with Crippen molar-refractivity contribution in [3.05, 3.63) is 108 Å². The predicted molar refractivity (Wildman–Crippen MR) is 124 cm³/mol. The zero-order valence-electron chi connectivity index (χ0n) is 16.5. The Morgan fingerprint density at radius 2 is 1.27 bits per heavy atom. The van der Waals surface area contributed by atoms with Crippen LogP contribution in [0.25, 0.3) is 5.57 Å². The van der Waals surface area contributed by atoms with E-state index in [2.05, 4.69) is 12.1 Å². The lowest BCUT2D eigenvalue weighted by Gasteiger charge is -2.31. The fourth-order valence-corrected chi connectivity index (χ4v) is 7.80. The molecule has 4 rings (SSSR count). The van der Waals surface area contributed by atoms with Gasteiger partial charge in [-0.15, -0.1) is 0 Å². The average molecular weight is 406 g/mol. The molecule has 0 amide bonds. The monoisotopic (exact) mass is 406 g/mol. The summed E-state index contributed by atoms with van der Waals surface area (Å²) in [6.45, 7) is -2.56. The molecule has 1 heterocycles. The maximum atomic E-state index is 10.3. The number of methoxy groups -OCH3 is 1. The van der Waals surface area contributed by atoms with Gasteiger partial charge in [0.25, 0.3) is 0 Å². The van der Waals surface area contributed by atoms with E-state index in [1.54, 1.807) is 7.11 Å². The zero-order valence-corrected chi connectivity index (χ0v) is 17.4. The summed E-state index contributed by atoms with van der Waals surface area (Å²) < 4.78 is 5.52. The Balaban J connectivity index is 2.14. The van der Waals surface area contributed by atoms with Gasteiger partial charge in [-0.05, 0) is 34.4 Å². The van der Waals surface area contributed by atoms with Crippen molar-refractivity contribution in [3.8, 4) is 17.9 Å². The number of nitrogens with zero attached hydrogens (tertiary/aromatic N) is 2. The lowest BCUT2D eigenvalue weighted by molar-refractivity contribution is 0.413. The van der Waals surface area contributed by atoms with E-state index in [0.29, 0.717) is 16.4 Å². The number of hydrogen-bond acceptors (Lipinski definition) is 3. The molecule has 1 aliphatic rings. The first-order valence-corrected chi connectivity index (χ1v) is 11.3. The van der Waals surface area contributed by atoms with E-state index in [9.17, 15) is 10.5 Å². The van der Waals surface area contributed by atoms with E-state index < -0.39 is 6.89 Å². The fourth-order valence-electron chi connectivity index (χ4n) is 3.92. The third kappa shape index (κ3) is 3.07. The highest BCUT2D eigenvalue weighted by molar-refractivity contribution is 7.93. The Hall–Kier alpha value is -3.78. The van der Waals surface area contributed by atoms with Crippen LogP contribution in [0.5, 0.6) is 5.75 Å². The van der Waals surface area contributed by atoms with Crippen LogP contribution in [0, 0.1) is 22.7 Å². The first-order chi connectivity index (χ1) is 14.7. The van der Waals surface area contributed by atoms with Crippen molar-refractivity contribution in [2.45, 2.75) is 0 Å². The molecule has 0 aliphatic carbocycles. The molecular weight excluding hydrogens is 387 g/mol. The molecule has 0 spiro atoms. The second-order valence-corrected chi connectivity index (χ2v) is 10.1. The molecule has 4 heteroatoms.